The second kappa shape index (κ2) is 8.27. The summed E-state index contributed by atoms with van der Waals surface area (Å²) in [6, 6.07) is 3.39. The summed E-state index contributed by atoms with van der Waals surface area (Å²) in [5.74, 6) is -1.71. The predicted molar refractivity (Wildman–Crippen MR) is 90.9 cm³/mol. The maximum absolute atomic E-state index is 13.7. The van der Waals surface area contributed by atoms with E-state index in [0.29, 0.717) is 0 Å². The number of nitrogens with zero attached hydrogens (tertiary/aromatic N) is 3. The lowest BCUT2D eigenvalue weighted by Gasteiger charge is -2.22. The van der Waals surface area contributed by atoms with Crippen LogP contribution in [0.15, 0.2) is 41.6 Å². The van der Waals surface area contributed by atoms with Gasteiger partial charge in [0.15, 0.2) is 0 Å². The average Bonchev–Trinajstić information content (AvgIpc) is 2.98. The molecule has 0 saturated heterocycles. The molecule has 0 bridgehead atoms. The van der Waals surface area contributed by atoms with Gasteiger partial charge in [-0.25, -0.2) is 17.8 Å². The smallest absolute Gasteiger partial charge is 0.337 e. The number of aromatic nitrogens is 2. The van der Waals surface area contributed by atoms with Crippen molar-refractivity contribution < 1.29 is 30.8 Å². The normalized spacial score (nSPS) is 13.4. The molecule has 1 heterocycles. The summed E-state index contributed by atoms with van der Waals surface area (Å²) in [6.45, 7) is -0.285. The van der Waals surface area contributed by atoms with Crippen LogP contribution in [-0.2, 0) is 27.9 Å². The highest BCUT2D eigenvalue weighted by molar-refractivity contribution is 7.89. The van der Waals surface area contributed by atoms with Crippen LogP contribution in [0.3, 0.4) is 0 Å². The molecule has 0 fully saturated rings. The van der Waals surface area contributed by atoms with Gasteiger partial charge in [-0.05, 0) is 19.1 Å². The van der Waals surface area contributed by atoms with Gasteiger partial charge in [0.2, 0.25) is 15.9 Å². The van der Waals surface area contributed by atoms with Crippen LogP contribution >= 0.6 is 0 Å². The first-order chi connectivity index (χ1) is 12.9. The number of rotatable bonds is 7. The molecule has 1 amide bonds. The molecule has 0 aliphatic rings. The van der Waals surface area contributed by atoms with Crippen molar-refractivity contribution in [3.05, 3.63) is 48.3 Å². The van der Waals surface area contributed by atoms with E-state index in [1.54, 1.807) is 0 Å². The minimum absolute atomic E-state index is 0.0164. The lowest BCUT2D eigenvalue weighted by Crippen LogP contribution is -2.45. The van der Waals surface area contributed by atoms with Gasteiger partial charge in [-0.15, -0.1) is 0 Å². The Kier molecular flexibility index (Phi) is 6.44. The molecule has 28 heavy (non-hydrogen) atoms. The van der Waals surface area contributed by atoms with Gasteiger partial charge in [0, 0.05) is 19.4 Å². The fourth-order valence-electron chi connectivity index (χ4n) is 2.46. The van der Waals surface area contributed by atoms with Crippen LogP contribution < -0.4 is 4.72 Å². The minimum atomic E-state index is -4.46. The molecule has 1 N–H and O–H groups in total. The standard InChI is InChI=1S/C16H18F4N4O3S/c1-11(22-28(26,27)13-6-4-3-5-12(13)17)15(25)23(2)9-14-21-7-8-24(14)10-16(18,19)20/h3-8,11,22H,9-10H2,1-2H3/t11-/m0/s1. The van der Waals surface area contributed by atoms with E-state index in [1.165, 1.54) is 32.3 Å². The lowest BCUT2D eigenvalue weighted by atomic mass is 10.3. The van der Waals surface area contributed by atoms with Crippen LogP contribution in [0, 0.1) is 5.82 Å². The first-order valence-corrected chi connectivity index (χ1v) is 9.47. The van der Waals surface area contributed by atoms with Gasteiger partial charge in [-0.2, -0.15) is 17.9 Å². The van der Waals surface area contributed by atoms with Gasteiger partial charge < -0.3 is 9.47 Å². The van der Waals surface area contributed by atoms with Crippen LogP contribution in [0.4, 0.5) is 17.6 Å². The highest BCUT2D eigenvalue weighted by Crippen LogP contribution is 2.19. The number of sulfonamides is 1. The number of benzene rings is 1. The SMILES string of the molecule is C[C@H](NS(=O)(=O)c1ccccc1F)C(=O)N(C)Cc1nccn1CC(F)(F)F. The predicted octanol–water partition coefficient (Wildman–Crippen LogP) is 1.91. The molecule has 2 rings (SSSR count). The molecule has 0 unspecified atom stereocenters. The molecule has 0 radical (unpaired) electrons. The van der Waals surface area contributed by atoms with Crippen molar-refractivity contribution >= 4 is 15.9 Å². The molecule has 2 aromatic rings. The molecule has 1 aromatic carbocycles. The van der Waals surface area contributed by atoms with E-state index >= 15 is 0 Å². The Morgan fingerprint density at radius 1 is 1.32 bits per heavy atom. The number of alkyl halides is 3. The summed E-state index contributed by atoms with van der Waals surface area (Å²) < 4.78 is 78.8. The van der Waals surface area contributed by atoms with E-state index in [9.17, 15) is 30.8 Å². The van der Waals surface area contributed by atoms with E-state index in [0.717, 1.165) is 27.8 Å². The number of hydrogen-bond donors (Lipinski definition) is 1. The summed E-state index contributed by atoms with van der Waals surface area (Å²) in [4.78, 5) is 16.6. The van der Waals surface area contributed by atoms with Crippen LogP contribution in [0.5, 0.6) is 0 Å². The van der Waals surface area contributed by atoms with Gasteiger partial charge in [0.1, 0.15) is 23.1 Å². The maximum Gasteiger partial charge on any atom is 0.406 e. The number of likely N-dealkylation sites (N-methyl/N-ethyl adjacent to an activating group) is 1. The Balaban J connectivity index is 2.07. The molecule has 0 aliphatic heterocycles. The Morgan fingerprint density at radius 2 is 1.96 bits per heavy atom. The largest absolute Gasteiger partial charge is 0.406 e. The highest BCUT2D eigenvalue weighted by Gasteiger charge is 2.30. The Morgan fingerprint density at radius 3 is 2.57 bits per heavy atom. The van der Waals surface area contributed by atoms with Gasteiger partial charge in [0.25, 0.3) is 0 Å². The molecular weight excluding hydrogens is 404 g/mol. The zero-order valence-electron chi connectivity index (χ0n) is 14.9. The van der Waals surface area contributed by atoms with Crippen molar-refractivity contribution in [2.45, 2.75) is 37.1 Å². The van der Waals surface area contributed by atoms with Gasteiger partial charge in [-0.1, -0.05) is 12.1 Å². The van der Waals surface area contributed by atoms with Gasteiger partial charge in [0.05, 0.1) is 12.6 Å². The van der Waals surface area contributed by atoms with E-state index in [4.69, 9.17) is 0 Å². The zero-order chi connectivity index (χ0) is 21.1. The Bertz CT molecular complexity index is 943. The number of carbonyl (C=O) groups excluding carboxylic acids is 1. The number of carbonyl (C=O) groups is 1. The third-order valence-corrected chi connectivity index (χ3v) is 5.31. The van der Waals surface area contributed by atoms with E-state index < -0.39 is 45.4 Å². The van der Waals surface area contributed by atoms with Crippen LogP contribution in [-0.4, -0.2) is 48.0 Å². The minimum Gasteiger partial charge on any atom is -0.337 e. The van der Waals surface area contributed by atoms with E-state index in [-0.39, 0.29) is 12.4 Å². The van der Waals surface area contributed by atoms with Crippen LogP contribution in [0.1, 0.15) is 12.7 Å². The first kappa shape index (κ1) is 21.8. The van der Waals surface area contributed by atoms with Crippen molar-refractivity contribution in [1.29, 1.82) is 0 Å². The topological polar surface area (TPSA) is 84.3 Å². The Hall–Kier alpha value is -2.47. The summed E-state index contributed by atoms with van der Waals surface area (Å²) in [5.41, 5.74) is 0. The number of nitrogens with one attached hydrogen (secondary N) is 1. The summed E-state index contributed by atoms with van der Waals surface area (Å²) in [5, 5.41) is 0. The quantitative estimate of drug-likeness (QED) is 0.691. The second-order valence-electron chi connectivity index (χ2n) is 6.05. The van der Waals surface area contributed by atoms with E-state index in [2.05, 4.69) is 9.71 Å². The molecule has 154 valence electrons. The fourth-order valence-corrected chi connectivity index (χ4v) is 3.73. The molecular formula is C16H18F4N4O3S. The highest BCUT2D eigenvalue weighted by atomic mass is 32.2. The zero-order valence-corrected chi connectivity index (χ0v) is 15.8. The first-order valence-electron chi connectivity index (χ1n) is 7.99. The van der Waals surface area contributed by atoms with Crippen molar-refractivity contribution in [3.63, 3.8) is 0 Å². The second-order valence-corrected chi connectivity index (χ2v) is 7.74. The maximum atomic E-state index is 13.7. The van der Waals surface area contributed by atoms with Crippen molar-refractivity contribution in [3.8, 4) is 0 Å². The third-order valence-electron chi connectivity index (χ3n) is 3.73. The molecule has 1 aromatic heterocycles. The molecule has 12 heteroatoms. The molecule has 0 saturated carbocycles. The number of halogens is 4. The summed E-state index contributed by atoms with van der Waals surface area (Å²) in [6.07, 6.45) is -2.16. The van der Waals surface area contributed by atoms with Crippen LogP contribution in [0.2, 0.25) is 0 Å². The number of amides is 1. The van der Waals surface area contributed by atoms with E-state index in [1.807, 2.05) is 0 Å². The van der Waals surface area contributed by atoms with Crippen molar-refractivity contribution in [2.75, 3.05) is 7.05 Å². The summed E-state index contributed by atoms with van der Waals surface area (Å²) in [7, 11) is -3.01. The van der Waals surface area contributed by atoms with Crippen molar-refractivity contribution in [2.24, 2.45) is 0 Å². The summed E-state index contributed by atoms with van der Waals surface area (Å²) >= 11 is 0. The van der Waals surface area contributed by atoms with Crippen molar-refractivity contribution in [1.82, 2.24) is 19.2 Å². The monoisotopic (exact) mass is 422 g/mol. The molecule has 0 spiro atoms. The third kappa shape index (κ3) is 5.52. The number of hydrogen-bond acceptors (Lipinski definition) is 4. The molecule has 0 aliphatic carbocycles. The number of imidazole rings is 1. The average molecular weight is 422 g/mol. The van der Waals surface area contributed by atoms with Gasteiger partial charge in [-0.3, -0.25) is 4.79 Å². The van der Waals surface area contributed by atoms with Gasteiger partial charge >= 0.3 is 6.18 Å². The van der Waals surface area contributed by atoms with Crippen LogP contribution in [0.25, 0.3) is 0 Å². The Labute approximate surface area is 159 Å². The molecule has 1 atom stereocenters. The molecule has 7 nitrogen and oxygen atoms in total. The lowest BCUT2D eigenvalue weighted by molar-refractivity contribution is -0.141. The fraction of sp³-hybridized carbons (Fsp3) is 0.375.